The molecular formula is C24H20O2Si. The third-order valence-corrected chi connectivity index (χ3v) is 9.81. The fourth-order valence-corrected chi connectivity index (χ4v) is 8.52. The molecular weight excluding hydrogens is 348 g/mol. The summed E-state index contributed by atoms with van der Waals surface area (Å²) in [6.45, 7) is 0. The van der Waals surface area contributed by atoms with Gasteiger partial charge in [0.1, 0.15) is 11.5 Å². The molecule has 0 saturated carbocycles. The maximum atomic E-state index is 9.85. The van der Waals surface area contributed by atoms with Gasteiger partial charge in [0.25, 0.3) is 0 Å². The summed E-state index contributed by atoms with van der Waals surface area (Å²) in [4.78, 5) is 0. The Hall–Kier alpha value is -3.30. The predicted molar refractivity (Wildman–Crippen MR) is 113 cm³/mol. The van der Waals surface area contributed by atoms with Gasteiger partial charge in [-0.15, -0.1) is 0 Å². The van der Waals surface area contributed by atoms with Crippen molar-refractivity contribution >= 4 is 28.8 Å². The Morgan fingerprint density at radius 1 is 0.370 bits per heavy atom. The Morgan fingerprint density at radius 2 is 0.667 bits per heavy atom. The zero-order valence-electron chi connectivity index (χ0n) is 14.8. The second-order valence-corrected chi connectivity index (χ2v) is 10.4. The van der Waals surface area contributed by atoms with Crippen molar-refractivity contribution in [1.29, 1.82) is 0 Å². The van der Waals surface area contributed by atoms with E-state index in [1.54, 1.807) is 24.3 Å². The molecule has 4 aromatic rings. The first-order valence-electron chi connectivity index (χ1n) is 8.91. The lowest BCUT2D eigenvalue weighted by Crippen LogP contribution is -2.74. The van der Waals surface area contributed by atoms with Gasteiger partial charge in [0.2, 0.25) is 0 Å². The zero-order chi connectivity index (χ0) is 18.7. The molecule has 0 bridgehead atoms. The number of aromatic hydroxyl groups is 2. The van der Waals surface area contributed by atoms with E-state index in [1.165, 1.54) is 20.7 Å². The van der Waals surface area contributed by atoms with Gasteiger partial charge in [0.15, 0.2) is 8.07 Å². The van der Waals surface area contributed by atoms with Gasteiger partial charge in [-0.05, 0) is 45.0 Å². The van der Waals surface area contributed by atoms with Crippen LogP contribution >= 0.6 is 0 Å². The van der Waals surface area contributed by atoms with E-state index < -0.39 is 8.07 Å². The monoisotopic (exact) mass is 368 g/mol. The molecule has 0 aliphatic rings. The third kappa shape index (κ3) is 3.02. The fourth-order valence-electron chi connectivity index (χ4n) is 3.80. The molecule has 4 rings (SSSR count). The summed E-state index contributed by atoms with van der Waals surface area (Å²) in [6.07, 6.45) is 0. The van der Waals surface area contributed by atoms with E-state index in [0.717, 1.165) is 0 Å². The third-order valence-electron chi connectivity index (χ3n) is 5.01. The number of hydrogen-bond acceptors (Lipinski definition) is 2. The second-order valence-electron chi connectivity index (χ2n) is 6.58. The van der Waals surface area contributed by atoms with Crippen molar-refractivity contribution < 1.29 is 10.2 Å². The van der Waals surface area contributed by atoms with Gasteiger partial charge in [-0.25, -0.2) is 0 Å². The maximum Gasteiger partial charge on any atom is 0.179 e. The van der Waals surface area contributed by atoms with E-state index in [-0.39, 0.29) is 11.5 Å². The molecule has 2 N–H and O–H groups in total. The molecule has 0 aliphatic heterocycles. The van der Waals surface area contributed by atoms with Crippen LogP contribution in [0.25, 0.3) is 0 Å². The van der Waals surface area contributed by atoms with Crippen molar-refractivity contribution in [2.24, 2.45) is 0 Å². The van der Waals surface area contributed by atoms with Crippen molar-refractivity contribution in [1.82, 2.24) is 0 Å². The van der Waals surface area contributed by atoms with Crippen LogP contribution in [0, 0.1) is 0 Å². The van der Waals surface area contributed by atoms with Gasteiger partial charge in [-0.1, -0.05) is 84.9 Å². The van der Waals surface area contributed by atoms with Crippen LogP contribution in [0.3, 0.4) is 0 Å². The highest BCUT2D eigenvalue weighted by Gasteiger charge is 2.41. The number of benzene rings is 4. The van der Waals surface area contributed by atoms with Gasteiger partial charge in [0, 0.05) is 0 Å². The Balaban J connectivity index is 2.11. The molecule has 3 heteroatoms. The minimum atomic E-state index is -2.57. The van der Waals surface area contributed by atoms with Gasteiger partial charge >= 0.3 is 0 Å². The van der Waals surface area contributed by atoms with Crippen LogP contribution in [0.1, 0.15) is 0 Å². The number of hydrogen-bond donors (Lipinski definition) is 2. The summed E-state index contributed by atoms with van der Waals surface area (Å²) in [5, 5.41) is 24.6. The summed E-state index contributed by atoms with van der Waals surface area (Å²) < 4.78 is 0. The Labute approximate surface area is 160 Å². The van der Waals surface area contributed by atoms with Crippen molar-refractivity contribution in [3.63, 3.8) is 0 Å². The van der Waals surface area contributed by atoms with Crippen LogP contribution in [0.4, 0.5) is 0 Å². The highest BCUT2D eigenvalue weighted by atomic mass is 28.3. The molecule has 0 unspecified atom stereocenters. The van der Waals surface area contributed by atoms with Crippen LogP contribution in [-0.4, -0.2) is 18.3 Å². The summed E-state index contributed by atoms with van der Waals surface area (Å²) in [5.74, 6) is 0.516. The fraction of sp³-hybridized carbons (Fsp3) is 0. The van der Waals surface area contributed by atoms with E-state index in [2.05, 4.69) is 48.5 Å². The number of rotatable bonds is 4. The molecule has 0 saturated heterocycles. The Kier molecular flexibility index (Phi) is 4.53. The van der Waals surface area contributed by atoms with Crippen molar-refractivity contribution in [3.05, 3.63) is 109 Å². The molecule has 0 radical (unpaired) electrons. The van der Waals surface area contributed by atoms with Crippen molar-refractivity contribution in [3.8, 4) is 11.5 Å². The van der Waals surface area contributed by atoms with Gasteiger partial charge in [-0.3, -0.25) is 0 Å². The number of phenolic OH excluding ortho intramolecular Hbond substituents is 2. The predicted octanol–water partition coefficient (Wildman–Crippen LogP) is 2.48. The lowest BCUT2D eigenvalue weighted by Gasteiger charge is -2.34. The topological polar surface area (TPSA) is 40.5 Å². The van der Waals surface area contributed by atoms with Crippen molar-refractivity contribution in [2.75, 3.05) is 0 Å². The largest absolute Gasteiger partial charge is 0.508 e. The van der Waals surface area contributed by atoms with Crippen LogP contribution in [0.2, 0.25) is 0 Å². The minimum Gasteiger partial charge on any atom is -0.508 e. The molecule has 132 valence electrons. The first-order chi connectivity index (χ1) is 13.2. The zero-order valence-corrected chi connectivity index (χ0v) is 15.8. The normalized spacial score (nSPS) is 11.3. The van der Waals surface area contributed by atoms with Crippen LogP contribution in [-0.2, 0) is 0 Å². The quantitative estimate of drug-likeness (QED) is 0.429. The minimum absolute atomic E-state index is 0.258. The molecule has 0 aliphatic carbocycles. The molecule has 0 atom stereocenters. The molecule has 0 amide bonds. The molecule has 0 aromatic heterocycles. The lowest BCUT2D eigenvalue weighted by molar-refractivity contribution is 0.475. The van der Waals surface area contributed by atoms with Gasteiger partial charge in [0.05, 0.1) is 0 Å². The first-order valence-corrected chi connectivity index (χ1v) is 10.9. The summed E-state index contributed by atoms with van der Waals surface area (Å²) >= 11 is 0. The van der Waals surface area contributed by atoms with E-state index in [1.807, 2.05) is 36.4 Å². The molecule has 27 heavy (non-hydrogen) atoms. The smallest absolute Gasteiger partial charge is 0.179 e. The SMILES string of the molecule is Oc1ccc([Si](c2ccccc2)(c2ccccc2)c2ccc(O)cc2)cc1. The maximum absolute atomic E-state index is 9.85. The van der Waals surface area contributed by atoms with E-state index in [9.17, 15) is 10.2 Å². The summed E-state index contributed by atoms with van der Waals surface area (Å²) in [6, 6.07) is 36.2. The van der Waals surface area contributed by atoms with E-state index in [0.29, 0.717) is 0 Å². The lowest BCUT2D eigenvalue weighted by atomic mass is 10.3. The summed E-state index contributed by atoms with van der Waals surface area (Å²) in [5.41, 5.74) is 0. The average molecular weight is 369 g/mol. The van der Waals surface area contributed by atoms with E-state index >= 15 is 0 Å². The highest BCUT2D eigenvalue weighted by Crippen LogP contribution is 2.14. The summed E-state index contributed by atoms with van der Waals surface area (Å²) in [7, 11) is -2.57. The van der Waals surface area contributed by atoms with Gasteiger partial charge in [-0.2, -0.15) is 0 Å². The molecule has 4 aromatic carbocycles. The molecule has 2 nitrogen and oxygen atoms in total. The second kappa shape index (κ2) is 7.14. The molecule has 0 heterocycles. The van der Waals surface area contributed by atoms with Crippen molar-refractivity contribution in [2.45, 2.75) is 0 Å². The first kappa shape index (κ1) is 17.1. The van der Waals surface area contributed by atoms with Crippen LogP contribution in [0.5, 0.6) is 11.5 Å². The molecule has 0 fully saturated rings. The van der Waals surface area contributed by atoms with Crippen LogP contribution < -0.4 is 20.7 Å². The standard InChI is InChI=1S/C24H20O2Si/c25-19-11-15-23(16-12-19)27(21-7-3-1-4-8-21,22-9-5-2-6-10-22)24-17-13-20(26)14-18-24/h1-18,25-26H. The van der Waals surface area contributed by atoms with Gasteiger partial charge < -0.3 is 10.2 Å². The van der Waals surface area contributed by atoms with E-state index in [4.69, 9.17) is 0 Å². The Morgan fingerprint density at radius 3 is 1.00 bits per heavy atom. The molecule has 0 spiro atoms. The average Bonchev–Trinajstić information content (AvgIpc) is 2.73. The van der Waals surface area contributed by atoms with Crippen LogP contribution in [0.15, 0.2) is 109 Å². The highest BCUT2D eigenvalue weighted by molar-refractivity contribution is 7.19. The Bertz CT molecular complexity index is 924. The number of phenols is 2.